The number of aromatic nitrogens is 2. The Balaban J connectivity index is 1.95. The molecule has 0 bridgehead atoms. The highest BCUT2D eigenvalue weighted by molar-refractivity contribution is 5.33. The van der Waals surface area contributed by atoms with Crippen LogP contribution < -0.4 is 5.73 Å². The van der Waals surface area contributed by atoms with Gasteiger partial charge in [0.2, 0.25) is 0 Å². The zero-order valence-corrected chi connectivity index (χ0v) is 11.7. The predicted molar refractivity (Wildman–Crippen MR) is 77.1 cm³/mol. The van der Waals surface area contributed by atoms with E-state index in [4.69, 9.17) is 5.73 Å². The lowest BCUT2D eigenvalue weighted by atomic mass is 9.93. The van der Waals surface area contributed by atoms with Gasteiger partial charge in [-0.15, -0.1) is 0 Å². The van der Waals surface area contributed by atoms with Gasteiger partial charge in [-0.3, -0.25) is 4.98 Å². The van der Waals surface area contributed by atoms with E-state index in [1.165, 1.54) is 28.9 Å². The molecule has 3 heteroatoms. The summed E-state index contributed by atoms with van der Waals surface area (Å²) in [5.74, 6) is 0. The molecule has 100 valence electrons. The Labute approximate surface area is 114 Å². The molecule has 0 aliphatic heterocycles. The summed E-state index contributed by atoms with van der Waals surface area (Å²) in [6.45, 7) is 5.10. The molecule has 2 N–H and O–H groups in total. The second-order valence-electron chi connectivity index (χ2n) is 5.58. The standard InChI is InChI=1S/C16H21N3/c1-11-6-7-13(9-18-11)10-19-12(2)8-14-15(17)4-3-5-16(14)19/h6-9,15H,3-5,10,17H2,1-2H3. The first-order valence-electron chi connectivity index (χ1n) is 7.01. The second kappa shape index (κ2) is 4.82. The largest absolute Gasteiger partial charge is 0.344 e. The highest BCUT2D eigenvalue weighted by Crippen LogP contribution is 2.31. The molecule has 3 rings (SSSR count). The molecule has 1 aliphatic rings. The molecule has 2 aromatic rings. The van der Waals surface area contributed by atoms with Gasteiger partial charge >= 0.3 is 0 Å². The summed E-state index contributed by atoms with van der Waals surface area (Å²) >= 11 is 0. The average Bonchev–Trinajstić information content (AvgIpc) is 2.71. The monoisotopic (exact) mass is 255 g/mol. The molecule has 0 spiro atoms. The Bertz CT molecular complexity index is 581. The van der Waals surface area contributed by atoms with E-state index < -0.39 is 0 Å². The molecule has 19 heavy (non-hydrogen) atoms. The van der Waals surface area contributed by atoms with Crippen LogP contribution in [0, 0.1) is 13.8 Å². The highest BCUT2D eigenvalue weighted by Gasteiger charge is 2.21. The van der Waals surface area contributed by atoms with Crippen LogP contribution in [-0.2, 0) is 13.0 Å². The van der Waals surface area contributed by atoms with Crippen LogP contribution in [0.4, 0.5) is 0 Å². The van der Waals surface area contributed by atoms with Gasteiger partial charge in [0.25, 0.3) is 0 Å². The zero-order valence-electron chi connectivity index (χ0n) is 11.7. The number of nitrogens with zero attached hydrogens (tertiary/aromatic N) is 2. The number of hydrogen-bond acceptors (Lipinski definition) is 2. The molecule has 0 saturated carbocycles. The minimum atomic E-state index is 0.222. The summed E-state index contributed by atoms with van der Waals surface area (Å²) in [4.78, 5) is 4.38. The molecule has 0 radical (unpaired) electrons. The van der Waals surface area contributed by atoms with Crippen molar-refractivity contribution in [2.24, 2.45) is 5.73 Å². The van der Waals surface area contributed by atoms with Gasteiger partial charge in [0, 0.05) is 35.9 Å². The van der Waals surface area contributed by atoms with E-state index in [1.54, 1.807) is 0 Å². The van der Waals surface area contributed by atoms with Crippen LogP contribution >= 0.6 is 0 Å². The highest BCUT2D eigenvalue weighted by atomic mass is 15.0. The lowest BCUT2D eigenvalue weighted by molar-refractivity contribution is 0.546. The van der Waals surface area contributed by atoms with Crippen molar-refractivity contribution in [3.63, 3.8) is 0 Å². The van der Waals surface area contributed by atoms with Gasteiger partial charge < -0.3 is 10.3 Å². The van der Waals surface area contributed by atoms with Gasteiger partial charge in [0.05, 0.1) is 0 Å². The van der Waals surface area contributed by atoms with E-state index in [9.17, 15) is 0 Å². The number of rotatable bonds is 2. The smallest absolute Gasteiger partial charge is 0.0490 e. The zero-order chi connectivity index (χ0) is 13.4. The molecule has 0 saturated heterocycles. The van der Waals surface area contributed by atoms with Crippen LogP contribution in [0.25, 0.3) is 0 Å². The summed E-state index contributed by atoms with van der Waals surface area (Å²) in [5.41, 5.74) is 12.6. The number of fused-ring (bicyclic) bond motifs is 1. The maximum absolute atomic E-state index is 6.22. The van der Waals surface area contributed by atoms with E-state index in [1.807, 2.05) is 13.1 Å². The quantitative estimate of drug-likeness (QED) is 0.896. The van der Waals surface area contributed by atoms with Gasteiger partial charge in [-0.25, -0.2) is 0 Å². The maximum Gasteiger partial charge on any atom is 0.0490 e. The molecular formula is C16H21N3. The molecule has 1 aliphatic carbocycles. The molecule has 0 fully saturated rings. The maximum atomic E-state index is 6.22. The Morgan fingerprint density at radius 3 is 2.95 bits per heavy atom. The molecule has 3 nitrogen and oxygen atoms in total. The number of nitrogens with two attached hydrogens (primary N) is 1. The SMILES string of the molecule is Cc1ccc(Cn2c(C)cc3c2CCCC3N)cn1. The van der Waals surface area contributed by atoms with Gasteiger partial charge in [-0.1, -0.05) is 6.07 Å². The van der Waals surface area contributed by atoms with Crippen molar-refractivity contribution >= 4 is 0 Å². The first-order chi connectivity index (χ1) is 9.15. The summed E-state index contributed by atoms with van der Waals surface area (Å²) in [6, 6.07) is 6.73. The number of pyridine rings is 1. The molecular weight excluding hydrogens is 234 g/mol. The molecule has 0 aromatic carbocycles. The second-order valence-corrected chi connectivity index (χ2v) is 5.58. The number of hydrogen-bond donors (Lipinski definition) is 1. The van der Waals surface area contributed by atoms with Crippen molar-refractivity contribution in [1.82, 2.24) is 9.55 Å². The number of aryl methyl sites for hydroxylation is 2. The normalized spacial score (nSPS) is 18.4. The van der Waals surface area contributed by atoms with Crippen molar-refractivity contribution in [2.45, 2.75) is 45.7 Å². The van der Waals surface area contributed by atoms with E-state index in [0.717, 1.165) is 25.1 Å². The Kier molecular flexibility index (Phi) is 3.15. The summed E-state index contributed by atoms with van der Waals surface area (Å²) in [6.07, 6.45) is 5.44. The fraction of sp³-hybridized carbons (Fsp3) is 0.438. The minimum absolute atomic E-state index is 0.222. The van der Waals surface area contributed by atoms with Gasteiger partial charge in [-0.2, -0.15) is 0 Å². The first-order valence-corrected chi connectivity index (χ1v) is 7.01. The van der Waals surface area contributed by atoms with E-state index >= 15 is 0 Å². The van der Waals surface area contributed by atoms with Crippen molar-refractivity contribution in [3.05, 3.63) is 52.6 Å². The third kappa shape index (κ3) is 2.30. The van der Waals surface area contributed by atoms with Crippen molar-refractivity contribution in [3.8, 4) is 0 Å². The average molecular weight is 255 g/mol. The van der Waals surface area contributed by atoms with E-state index in [2.05, 4.69) is 34.7 Å². The van der Waals surface area contributed by atoms with Crippen molar-refractivity contribution in [1.29, 1.82) is 0 Å². The van der Waals surface area contributed by atoms with Crippen molar-refractivity contribution < 1.29 is 0 Å². The molecule has 1 atom stereocenters. The summed E-state index contributed by atoms with van der Waals surface area (Å²) in [7, 11) is 0. The van der Waals surface area contributed by atoms with Gasteiger partial charge in [0.15, 0.2) is 0 Å². The van der Waals surface area contributed by atoms with Crippen LogP contribution in [0.15, 0.2) is 24.4 Å². The summed E-state index contributed by atoms with van der Waals surface area (Å²) in [5, 5.41) is 0. The van der Waals surface area contributed by atoms with Crippen molar-refractivity contribution in [2.75, 3.05) is 0 Å². The fourth-order valence-electron chi connectivity index (χ4n) is 2.99. The Morgan fingerprint density at radius 1 is 1.37 bits per heavy atom. The lowest BCUT2D eigenvalue weighted by Crippen LogP contribution is -2.18. The predicted octanol–water partition coefficient (Wildman–Crippen LogP) is 2.88. The van der Waals surface area contributed by atoms with Gasteiger partial charge in [0.1, 0.15) is 0 Å². The van der Waals surface area contributed by atoms with Crippen LogP contribution in [0.2, 0.25) is 0 Å². The molecule has 2 heterocycles. The third-order valence-corrected chi connectivity index (χ3v) is 4.09. The fourth-order valence-corrected chi connectivity index (χ4v) is 2.99. The van der Waals surface area contributed by atoms with Crippen LogP contribution in [0.1, 0.15) is 47.1 Å². The topological polar surface area (TPSA) is 43.8 Å². The summed E-state index contributed by atoms with van der Waals surface area (Å²) < 4.78 is 2.40. The van der Waals surface area contributed by atoms with Crippen LogP contribution in [0.5, 0.6) is 0 Å². The first kappa shape index (κ1) is 12.4. The van der Waals surface area contributed by atoms with E-state index in [-0.39, 0.29) is 6.04 Å². The lowest BCUT2D eigenvalue weighted by Gasteiger charge is -2.21. The van der Waals surface area contributed by atoms with Crippen LogP contribution in [0.3, 0.4) is 0 Å². The Hall–Kier alpha value is -1.61. The molecule has 2 aromatic heterocycles. The third-order valence-electron chi connectivity index (χ3n) is 4.09. The Morgan fingerprint density at radius 2 is 2.21 bits per heavy atom. The minimum Gasteiger partial charge on any atom is -0.344 e. The van der Waals surface area contributed by atoms with E-state index in [0.29, 0.717) is 0 Å². The van der Waals surface area contributed by atoms with Gasteiger partial charge in [-0.05, 0) is 56.4 Å². The van der Waals surface area contributed by atoms with Crippen LogP contribution in [-0.4, -0.2) is 9.55 Å². The molecule has 0 amide bonds. The molecule has 1 unspecified atom stereocenters.